The summed E-state index contributed by atoms with van der Waals surface area (Å²) in [6.45, 7) is 0. The molecule has 0 spiro atoms. The molecule has 2 N–H and O–H groups in total. The van der Waals surface area contributed by atoms with Crippen molar-refractivity contribution in [1.29, 1.82) is 0 Å². The number of carbonyl (C=O) groups excluding carboxylic acids is 3. The normalized spacial score (nSPS) is 14.6. The van der Waals surface area contributed by atoms with Crippen LogP contribution in [0.5, 0.6) is 5.75 Å². The van der Waals surface area contributed by atoms with E-state index >= 15 is 0 Å². The number of carbonyl (C=O) groups is 3. The van der Waals surface area contributed by atoms with Gasteiger partial charge in [-0.05, 0) is 34.5 Å². The Bertz CT molecular complexity index is 817. The minimum absolute atomic E-state index is 0.108. The second-order valence-electron chi connectivity index (χ2n) is 4.73. The highest BCUT2D eigenvalue weighted by Crippen LogP contribution is 2.25. The second kappa shape index (κ2) is 5.33. The predicted molar refractivity (Wildman–Crippen MR) is 80.2 cm³/mol. The zero-order valence-corrected chi connectivity index (χ0v) is 11.7. The van der Waals surface area contributed by atoms with Crippen LogP contribution in [0.3, 0.4) is 0 Å². The van der Waals surface area contributed by atoms with Gasteiger partial charge in [0.15, 0.2) is 0 Å². The number of hydrogen-bond donors (Lipinski definition) is 2. The standard InChI is InChI=1S/C16H12N2O4/c1-22-11-5-6-12-9(7-11)3-2-4-10(12)8-13-14(19)17-16(21)18-15(13)20/h2-8H,1H3,(H2,17,18,19,20,21). The van der Waals surface area contributed by atoms with Gasteiger partial charge in [0.1, 0.15) is 11.3 Å². The van der Waals surface area contributed by atoms with Gasteiger partial charge < -0.3 is 4.74 Å². The number of ether oxygens (including phenoxy) is 1. The average molecular weight is 296 g/mol. The van der Waals surface area contributed by atoms with Crippen LogP contribution < -0.4 is 15.4 Å². The SMILES string of the molecule is COc1ccc2c(C=C3C(=O)NC(=O)NC3=O)cccc2c1. The van der Waals surface area contributed by atoms with E-state index in [4.69, 9.17) is 4.74 Å². The van der Waals surface area contributed by atoms with E-state index < -0.39 is 17.8 Å². The number of urea groups is 1. The van der Waals surface area contributed by atoms with Crippen LogP contribution in [0.1, 0.15) is 5.56 Å². The lowest BCUT2D eigenvalue weighted by Crippen LogP contribution is -2.51. The maximum atomic E-state index is 11.8. The number of barbiturate groups is 1. The molecule has 1 saturated heterocycles. The number of amides is 4. The summed E-state index contributed by atoms with van der Waals surface area (Å²) in [4.78, 5) is 34.6. The molecule has 1 aliphatic rings. The van der Waals surface area contributed by atoms with Crippen LogP contribution in [0, 0.1) is 0 Å². The summed E-state index contributed by atoms with van der Waals surface area (Å²) in [7, 11) is 1.58. The molecular formula is C16H12N2O4. The molecule has 2 aromatic rings. The van der Waals surface area contributed by atoms with E-state index in [1.165, 1.54) is 6.08 Å². The maximum absolute atomic E-state index is 11.8. The van der Waals surface area contributed by atoms with Gasteiger partial charge in [0.2, 0.25) is 0 Å². The van der Waals surface area contributed by atoms with Crippen molar-refractivity contribution in [3.63, 3.8) is 0 Å². The predicted octanol–water partition coefficient (Wildman–Crippen LogP) is 1.60. The average Bonchev–Trinajstić information content (AvgIpc) is 2.50. The Morgan fingerprint density at radius 1 is 1.00 bits per heavy atom. The third kappa shape index (κ3) is 2.42. The molecule has 110 valence electrons. The lowest BCUT2D eigenvalue weighted by Gasteiger charge is -2.14. The van der Waals surface area contributed by atoms with Gasteiger partial charge >= 0.3 is 6.03 Å². The first-order valence-corrected chi connectivity index (χ1v) is 6.53. The summed E-state index contributed by atoms with van der Waals surface area (Å²) in [6, 6.07) is 10.2. The van der Waals surface area contributed by atoms with Crippen LogP contribution in [0.2, 0.25) is 0 Å². The van der Waals surface area contributed by atoms with Crippen molar-refractivity contribution in [2.45, 2.75) is 0 Å². The maximum Gasteiger partial charge on any atom is 0.328 e. The van der Waals surface area contributed by atoms with Gasteiger partial charge in [0, 0.05) is 0 Å². The van der Waals surface area contributed by atoms with E-state index in [0.717, 1.165) is 16.5 Å². The molecule has 22 heavy (non-hydrogen) atoms. The lowest BCUT2D eigenvalue weighted by molar-refractivity contribution is -0.123. The van der Waals surface area contributed by atoms with Crippen LogP contribution in [-0.2, 0) is 9.59 Å². The Morgan fingerprint density at radius 2 is 1.73 bits per heavy atom. The van der Waals surface area contributed by atoms with Gasteiger partial charge in [-0.2, -0.15) is 0 Å². The molecule has 1 aliphatic heterocycles. The van der Waals surface area contributed by atoms with Crippen molar-refractivity contribution in [2.24, 2.45) is 0 Å². The van der Waals surface area contributed by atoms with Crippen LogP contribution >= 0.6 is 0 Å². The van der Waals surface area contributed by atoms with Crippen molar-refractivity contribution in [2.75, 3.05) is 7.11 Å². The molecule has 0 atom stereocenters. The van der Waals surface area contributed by atoms with Crippen molar-refractivity contribution < 1.29 is 19.1 Å². The summed E-state index contributed by atoms with van der Waals surface area (Å²) in [5.41, 5.74) is 0.595. The molecular weight excluding hydrogens is 284 g/mol. The molecule has 1 fully saturated rings. The van der Waals surface area contributed by atoms with Gasteiger partial charge in [-0.25, -0.2) is 4.79 Å². The number of fused-ring (bicyclic) bond motifs is 1. The molecule has 0 radical (unpaired) electrons. The molecule has 4 amide bonds. The molecule has 1 heterocycles. The number of rotatable bonds is 2. The Balaban J connectivity index is 2.10. The zero-order valence-electron chi connectivity index (χ0n) is 11.7. The molecule has 6 nitrogen and oxygen atoms in total. The van der Waals surface area contributed by atoms with E-state index in [1.807, 2.05) is 34.9 Å². The van der Waals surface area contributed by atoms with Crippen LogP contribution in [-0.4, -0.2) is 25.0 Å². The highest BCUT2D eigenvalue weighted by Gasteiger charge is 2.27. The topological polar surface area (TPSA) is 84.5 Å². The molecule has 0 aliphatic carbocycles. The first-order chi connectivity index (χ1) is 10.6. The fraction of sp³-hybridized carbons (Fsp3) is 0.0625. The molecule has 3 rings (SSSR count). The molecule has 6 heteroatoms. The molecule has 2 aromatic carbocycles. The minimum atomic E-state index is -0.810. The van der Waals surface area contributed by atoms with E-state index in [9.17, 15) is 14.4 Å². The minimum Gasteiger partial charge on any atom is -0.497 e. The molecule has 0 unspecified atom stereocenters. The van der Waals surface area contributed by atoms with Gasteiger partial charge in [-0.1, -0.05) is 24.3 Å². The number of hydrogen-bond acceptors (Lipinski definition) is 4. The largest absolute Gasteiger partial charge is 0.497 e. The van der Waals surface area contributed by atoms with Gasteiger partial charge in [-0.15, -0.1) is 0 Å². The Morgan fingerprint density at radius 3 is 2.41 bits per heavy atom. The monoisotopic (exact) mass is 296 g/mol. The number of imide groups is 2. The van der Waals surface area contributed by atoms with Crippen molar-refractivity contribution in [3.05, 3.63) is 47.5 Å². The van der Waals surface area contributed by atoms with Crippen molar-refractivity contribution in [3.8, 4) is 5.75 Å². The summed E-state index contributed by atoms with van der Waals surface area (Å²) in [5.74, 6) is -0.699. The summed E-state index contributed by atoms with van der Waals surface area (Å²) in [5, 5.41) is 5.88. The smallest absolute Gasteiger partial charge is 0.328 e. The molecule has 0 aromatic heterocycles. The lowest BCUT2D eigenvalue weighted by atomic mass is 10.0. The van der Waals surface area contributed by atoms with Crippen LogP contribution in [0.15, 0.2) is 42.0 Å². The van der Waals surface area contributed by atoms with E-state index in [0.29, 0.717) is 5.56 Å². The third-order valence-corrected chi connectivity index (χ3v) is 3.36. The van der Waals surface area contributed by atoms with Crippen molar-refractivity contribution in [1.82, 2.24) is 10.6 Å². The fourth-order valence-electron chi connectivity index (χ4n) is 2.30. The number of methoxy groups -OCH3 is 1. The second-order valence-corrected chi connectivity index (χ2v) is 4.73. The summed E-state index contributed by atoms with van der Waals surface area (Å²) < 4.78 is 5.18. The highest BCUT2D eigenvalue weighted by molar-refractivity contribution is 6.31. The molecule has 0 saturated carbocycles. The number of nitrogens with one attached hydrogen (secondary N) is 2. The first-order valence-electron chi connectivity index (χ1n) is 6.53. The van der Waals surface area contributed by atoms with Gasteiger partial charge in [0.25, 0.3) is 11.8 Å². The Labute approximate surface area is 125 Å². The fourth-order valence-corrected chi connectivity index (χ4v) is 2.30. The van der Waals surface area contributed by atoms with E-state index in [-0.39, 0.29) is 5.57 Å². The Hall–Kier alpha value is -3.15. The number of benzene rings is 2. The van der Waals surface area contributed by atoms with Gasteiger partial charge in [0.05, 0.1) is 7.11 Å². The van der Waals surface area contributed by atoms with Crippen LogP contribution in [0.25, 0.3) is 16.8 Å². The third-order valence-electron chi connectivity index (χ3n) is 3.36. The highest BCUT2D eigenvalue weighted by atomic mass is 16.5. The Kier molecular flexibility index (Phi) is 3.34. The first kappa shape index (κ1) is 13.8. The summed E-state index contributed by atoms with van der Waals surface area (Å²) in [6.07, 6.45) is 1.46. The summed E-state index contributed by atoms with van der Waals surface area (Å²) >= 11 is 0. The van der Waals surface area contributed by atoms with E-state index in [2.05, 4.69) is 0 Å². The zero-order chi connectivity index (χ0) is 15.7. The van der Waals surface area contributed by atoms with Crippen molar-refractivity contribution >= 4 is 34.7 Å². The quantitative estimate of drug-likeness (QED) is 0.651. The van der Waals surface area contributed by atoms with E-state index in [1.54, 1.807) is 19.2 Å². The van der Waals surface area contributed by atoms with Crippen LogP contribution in [0.4, 0.5) is 4.79 Å². The molecule has 0 bridgehead atoms. The van der Waals surface area contributed by atoms with Gasteiger partial charge in [-0.3, -0.25) is 20.2 Å².